The second-order valence-electron chi connectivity index (χ2n) is 6.45. The van der Waals surface area contributed by atoms with Gasteiger partial charge in [0.25, 0.3) is 11.6 Å². The maximum atomic E-state index is 13.1. The molecule has 4 rings (SSSR count). The van der Waals surface area contributed by atoms with Crippen molar-refractivity contribution >= 4 is 22.9 Å². The summed E-state index contributed by atoms with van der Waals surface area (Å²) in [6, 6.07) is 5.22. The first kappa shape index (κ1) is 16.3. The zero-order valence-electron chi connectivity index (χ0n) is 14.3. The molecule has 26 heavy (non-hydrogen) atoms. The van der Waals surface area contributed by atoms with Gasteiger partial charge >= 0.3 is 0 Å². The lowest BCUT2D eigenvalue weighted by Gasteiger charge is -2.30. The summed E-state index contributed by atoms with van der Waals surface area (Å²) in [6.45, 7) is 2.74. The molecule has 2 amide bonds. The molecule has 0 aromatic carbocycles. The Balaban J connectivity index is 1.72. The molecule has 1 aliphatic rings. The fourth-order valence-electron chi connectivity index (χ4n) is 3.35. The molecule has 3 aromatic heterocycles. The molecular formula is C18H18N4O4. The largest absolute Gasteiger partial charge is 0.463 e. The molecule has 0 atom stereocenters. The van der Waals surface area contributed by atoms with Gasteiger partial charge in [-0.1, -0.05) is 5.16 Å². The summed E-state index contributed by atoms with van der Waals surface area (Å²) in [5, 5.41) is 4.54. The molecule has 0 bridgehead atoms. The number of aromatic nitrogens is 2. The number of pyridine rings is 1. The van der Waals surface area contributed by atoms with Crippen LogP contribution >= 0.6 is 0 Å². The second-order valence-corrected chi connectivity index (χ2v) is 6.45. The van der Waals surface area contributed by atoms with Crippen molar-refractivity contribution < 1.29 is 18.5 Å². The minimum Gasteiger partial charge on any atom is -0.463 e. The van der Waals surface area contributed by atoms with E-state index >= 15 is 0 Å². The number of fused-ring (bicyclic) bond motifs is 1. The lowest BCUT2D eigenvalue weighted by atomic mass is 9.95. The van der Waals surface area contributed by atoms with E-state index in [2.05, 4.69) is 10.1 Å². The van der Waals surface area contributed by atoms with Crippen LogP contribution in [0.5, 0.6) is 0 Å². The molecule has 8 nitrogen and oxygen atoms in total. The number of rotatable bonds is 3. The molecule has 8 heteroatoms. The van der Waals surface area contributed by atoms with Gasteiger partial charge in [-0.05, 0) is 38.0 Å². The quantitative estimate of drug-likeness (QED) is 0.770. The highest BCUT2D eigenvalue weighted by Crippen LogP contribution is 2.29. The number of furan rings is 1. The number of aryl methyl sites for hydroxylation is 1. The number of carbonyl (C=O) groups is 2. The highest BCUT2D eigenvalue weighted by molar-refractivity contribution is 6.07. The van der Waals surface area contributed by atoms with E-state index in [1.807, 2.05) is 0 Å². The van der Waals surface area contributed by atoms with Crippen molar-refractivity contribution in [3.63, 3.8) is 0 Å². The molecule has 2 N–H and O–H groups in total. The zero-order chi connectivity index (χ0) is 18.3. The standard InChI is InChI=1S/C18H18N4O4/c1-10-15-12(18(24)22-6-4-11(5-7-22)16(19)23)9-13(14-3-2-8-25-14)20-17(15)26-21-10/h2-3,8-9,11H,4-7H2,1H3,(H2,19,23). The number of piperidine rings is 1. The topological polar surface area (TPSA) is 115 Å². The molecule has 0 radical (unpaired) electrons. The first-order valence-electron chi connectivity index (χ1n) is 8.44. The smallest absolute Gasteiger partial charge is 0.259 e. The van der Waals surface area contributed by atoms with Crippen LogP contribution in [0.25, 0.3) is 22.6 Å². The van der Waals surface area contributed by atoms with Gasteiger partial charge in [-0.3, -0.25) is 9.59 Å². The van der Waals surface area contributed by atoms with Crippen LogP contribution < -0.4 is 5.73 Å². The van der Waals surface area contributed by atoms with Gasteiger partial charge in [0.15, 0.2) is 5.76 Å². The number of hydrogen-bond acceptors (Lipinski definition) is 6. The molecule has 3 aromatic rings. The SMILES string of the molecule is Cc1noc2nc(-c3ccco3)cc(C(=O)N3CCC(C(N)=O)CC3)c12. The van der Waals surface area contributed by atoms with Crippen LogP contribution in [0.1, 0.15) is 28.9 Å². The van der Waals surface area contributed by atoms with Crippen molar-refractivity contribution in [1.29, 1.82) is 0 Å². The first-order valence-corrected chi connectivity index (χ1v) is 8.44. The highest BCUT2D eigenvalue weighted by atomic mass is 16.5. The fraction of sp³-hybridized carbons (Fsp3) is 0.333. The number of nitrogens with zero attached hydrogens (tertiary/aromatic N) is 3. The van der Waals surface area contributed by atoms with E-state index in [1.54, 1.807) is 36.3 Å². The lowest BCUT2D eigenvalue weighted by molar-refractivity contribution is -0.123. The molecule has 4 heterocycles. The van der Waals surface area contributed by atoms with Crippen molar-refractivity contribution in [2.75, 3.05) is 13.1 Å². The monoisotopic (exact) mass is 354 g/mol. The lowest BCUT2D eigenvalue weighted by Crippen LogP contribution is -2.41. The minimum absolute atomic E-state index is 0.139. The van der Waals surface area contributed by atoms with Crippen molar-refractivity contribution in [3.8, 4) is 11.5 Å². The Labute approximate surface area is 148 Å². The van der Waals surface area contributed by atoms with Gasteiger partial charge in [-0.15, -0.1) is 0 Å². The van der Waals surface area contributed by atoms with Gasteiger partial charge in [-0.25, -0.2) is 4.98 Å². The van der Waals surface area contributed by atoms with Gasteiger partial charge in [0.05, 0.1) is 22.9 Å². The Morgan fingerprint density at radius 3 is 2.73 bits per heavy atom. The van der Waals surface area contributed by atoms with Crippen LogP contribution in [0.4, 0.5) is 0 Å². The first-order chi connectivity index (χ1) is 12.5. The number of likely N-dealkylation sites (tertiary alicyclic amines) is 1. The molecule has 0 saturated carbocycles. The maximum absolute atomic E-state index is 13.1. The van der Waals surface area contributed by atoms with E-state index in [0.29, 0.717) is 59.7 Å². The van der Waals surface area contributed by atoms with Crippen molar-refractivity contribution in [2.24, 2.45) is 11.7 Å². The Morgan fingerprint density at radius 1 is 1.31 bits per heavy atom. The minimum atomic E-state index is -0.307. The number of hydrogen-bond donors (Lipinski definition) is 1. The molecule has 0 aliphatic carbocycles. The molecular weight excluding hydrogens is 336 g/mol. The van der Waals surface area contributed by atoms with Crippen molar-refractivity contribution in [2.45, 2.75) is 19.8 Å². The summed E-state index contributed by atoms with van der Waals surface area (Å²) in [6.07, 6.45) is 2.69. The van der Waals surface area contributed by atoms with E-state index in [1.165, 1.54) is 0 Å². The molecule has 1 fully saturated rings. The molecule has 1 saturated heterocycles. The summed E-state index contributed by atoms with van der Waals surface area (Å²) in [4.78, 5) is 30.6. The normalized spacial score (nSPS) is 15.5. The summed E-state index contributed by atoms with van der Waals surface area (Å²) >= 11 is 0. The number of primary amides is 1. The summed E-state index contributed by atoms with van der Waals surface area (Å²) in [7, 11) is 0. The van der Waals surface area contributed by atoms with Crippen LogP contribution in [0.15, 0.2) is 33.4 Å². The summed E-state index contributed by atoms with van der Waals surface area (Å²) < 4.78 is 10.7. The maximum Gasteiger partial charge on any atom is 0.259 e. The van der Waals surface area contributed by atoms with Crippen LogP contribution in [0.2, 0.25) is 0 Å². The van der Waals surface area contributed by atoms with Gasteiger partial charge < -0.3 is 19.6 Å². The van der Waals surface area contributed by atoms with E-state index in [0.717, 1.165) is 0 Å². The van der Waals surface area contributed by atoms with Gasteiger partial charge in [0, 0.05) is 19.0 Å². The predicted molar refractivity (Wildman–Crippen MR) is 92.1 cm³/mol. The van der Waals surface area contributed by atoms with Crippen molar-refractivity contribution in [3.05, 3.63) is 35.7 Å². The second kappa shape index (κ2) is 6.29. The molecule has 134 valence electrons. The highest BCUT2D eigenvalue weighted by Gasteiger charge is 2.29. The Bertz CT molecular complexity index is 969. The third kappa shape index (κ3) is 2.73. The van der Waals surface area contributed by atoms with Crippen LogP contribution in [-0.4, -0.2) is 39.9 Å². The number of amides is 2. The van der Waals surface area contributed by atoms with Crippen molar-refractivity contribution in [1.82, 2.24) is 15.0 Å². The molecule has 0 unspecified atom stereocenters. The van der Waals surface area contributed by atoms with E-state index in [9.17, 15) is 9.59 Å². The van der Waals surface area contributed by atoms with E-state index < -0.39 is 0 Å². The molecule has 1 aliphatic heterocycles. The summed E-state index contributed by atoms with van der Waals surface area (Å²) in [5.41, 5.74) is 7.25. The zero-order valence-corrected chi connectivity index (χ0v) is 14.3. The van der Waals surface area contributed by atoms with Crippen LogP contribution in [0, 0.1) is 12.8 Å². The predicted octanol–water partition coefficient (Wildman–Crippen LogP) is 2.13. The Morgan fingerprint density at radius 2 is 2.08 bits per heavy atom. The van der Waals surface area contributed by atoms with E-state index in [4.69, 9.17) is 14.7 Å². The Hall–Kier alpha value is -3.16. The number of carbonyl (C=O) groups excluding carboxylic acids is 2. The third-order valence-electron chi connectivity index (χ3n) is 4.81. The average molecular weight is 354 g/mol. The van der Waals surface area contributed by atoms with Crippen LogP contribution in [-0.2, 0) is 4.79 Å². The van der Waals surface area contributed by atoms with Gasteiger partial charge in [0.1, 0.15) is 5.69 Å². The summed E-state index contributed by atoms with van der Waals surface area (Å²) in [5.74, 6) is -0.0761. The van der Waals surface area contributed by atoms with Gasteiger partial charge in [-0.2, -0.15) is 0 Å². The third-order valence-corrected chi connectivity index (χ3v) is 4.81. The number of nitrogens with two attached hydrogens (primary N) is 1. The van der Waals surface area contributed by atoms with E-state index in [-0.39, 0.29) is 17.7 Å². The van der Waals surface area contributed by atoms with Gasteiger partial charge in [0.2, 0.25) is 5.91 Å². The molecule has 0 spiro atoms. The fourth-order valence-corrected chi connectivity index (χ4v) is 3.35. The Kier molecular flexibility index (Phi) is 3.95. The van der Waals surface area contributed by atoms with Crippen LogP contribution in [0.3, 0.4) is 0 Å². The average Bonchev–Trinajstić information content (AvgIpc) is 3.31.